The minimum Gasteiger partial charge on any atom is -0.341 e. The van der Waals surface area contributed by atoms with E-state index in [0.29, 0.717) is 24.2 Å². The van der Waals surface area contributed by atoms with Crippen LogP contribution in [-0.4, -0.2) is 47.2 Å². The number of imide groups is 1. The maximum Gasteiger partial charge on any atom is 0.261 e. The fraction of sp³-hybridized carbons (Fsp3) is 0.438. The van der Waals surface area contributed by atoms with Gasteiger partial charge in [0.2, 0.25) is 5.91 Å². The molecule has 110 valence electrons. The third-order valence-corrected chi connectivity index (χ3v) is 4.27. The van der Waals surface area contributed by atoms with Crippen LogP contribution < -0.4 is 0 Å². The van der Waals surface area contributed by atoms with Gasteiger partial charge in [0.25, 0.3) is 11.8 Å². The average molecular weight is 286 g/mol. The van der Waals surface area contributed by atoms with Crippen LogP contribution in [0.5, 0.6) is 0 Å². The molecule has 1 aromatic rings. The van der Waals surface area contributed by atoms with Gasteiger partial charge in [0.1, 0.15) is 0 Å². The molecule has 2 heterocycles. The molecule has 1 atom stereocenters. The normalized spacial score (nSPS) is 22.0. The van der Waals surface area contributed by atoms with E-state index in [1.165, 1.54) is 4.90 Å². The Bertz CT molecular complexity index is 576. The maximum absolute atomic E-state index is 12.2. The van der Waals surface area contributed by atoms with Crippen LogP contribution in [0.4, 0.5) is 0 Å². The van der Waals surface area contributed by atoms with Gasteiger partial charge in [-0.25, -0.2) is 0 Å². The molecule has 2 aliphatic rings. The highest BCUT2D eigenvalue weighted by Gasteiger charge is 2.35. The van der Waals surface area contributed by atoms with Crippen LogP contribution >= 0.6 is 0 Å². The number of benzene rings is 1. The number of fused-ring (bicyclic) bond motifs is 1. The van der Waals surface area contributed by atoms with Gasteiger partial charge in [0, 0.05) is 25.6 Å². The number of carbonyl (C=O) groups excluding carboxylic acids is 3. The van der Waals surface area contributed by atoms with Gasteiger partial charge in [0.05, 0.1) is 11.1 Å². The van der Waals surface area contributed by atoms with Gasteiger partial charge in [-0.15, -0.1) is 0 Å². The number of piperidine rings is 1. The quantitative estimate of drug-likeness (QED) is 0.792. The van der Waals surface area contributed by atoms with Crippen LogP contribution in [0.15, 0.2) is 24.3 Å². The van der Waals surface area contributed by atoms with Crippen molar-refractivity contribution in [3.8, 4) is 0 Å². The summed E-state index contributed by atoms with van der Waals surface area (Å²) in [6.07, 6.45) is 1.90. The molecule has 0 saturated carbocycles. The first-order chi connectivity index (χ1) is 10.1. The topological polar surface area (TPSA) is 57.7 Å². The fourth-order valence-corrected chi connectivity index (χ4v) is 3.02. The van der Waals surface area contributed by atoms with Gasteiger partial charge in [-0.1, -0.05) is 19.1 Å². The van der Waals surface area contributed by atoms with E-state index in [1.807, 2.05) is 6.92 Å². The first kappa shape index (κ1) is 13.8. The van der Waals surface area contributed by atoms with Crippen LogP contribution in [0.1, 0.15) is 40.5 Å². The van der Waals surface area contributed by atoms with Gasteiger partial charge < -0.3 is 4.90 Å². The van der Waals surface area contributed by atoms with E-state index in [1.54, 1.807) is 29.2 Å². The van der Waals surface area contributed by atoms with Crippen LogP contribution in [0.2, 0.25) is 0 Å². The van der Waals surface area contributed by atoms with Gasteiger partial charge in [-0.2, -0.15) is 0 Å². The lowest BCUT2D eigenvalue weighted by Crippen LogP contribution is -2.45. The van der Waals surface area contributed by atoms with E-state index in [2.05, 4.69) is 0 Å². The van der Waals surface area contributed by atoms with Crippen molar-refractivity contribution in [2.45, 2.75) is 19.8 Å². The first-order valence-corrected chi connectivity index (χ1v) is 7.33. The Labute approximate surface area is 123 Å². The highest BCUT2D eigenvalue weighted by Crippen LogP contribution is 2.23. The summed E-state index contributed by atoms with van der Waals surface area (Å²) in [5.41, 5.74) is 0.918. The minimum absolute atomic E-state index is 0.0425. The third kappa shape index (κ3) is 2.33. The lowest BCUT2D eigenvalue weighted by Gasteiger charge is -2.31. The number of carbonyl (C=O) groups is 3. The zero-order chi connectivity index (χ0) is 15.0. The SMILES string of the molecule is C[C@H]1CCCN(CCN2C(=O)c3ccccc3C2=O)C1=O. The van der Waals surface area contributed by atoms with E-state index < -0.39 is 0 Å². The van der Waals surface area contributed by atoms with E-state index in [4.69, 9.17) is 0 Å². The summed E-state index contributed by atoms with van der Waals surface area (Å²) in [4.78, 5) is 39.5. The summed E-state index contributed by atoms with van der Waals surface area (Å²) >= 11 is 0. The van der Waals surface area contributed by atoms with Gasteiger partial charge in [0.15, 0.2) is 0 Å². The number of likely N-dealkylation sites (tertiary alicyclic amines) is 1. The number of amides is 3. The van der Waals surface area contributed by atoms with Crippen molar-refractivity contribution in [3.63, 3.8) is 0 Å². The second-order valence-electron chi connectivity index (χ2n) is 5.68. The Morgan fingerprint density at radius 1 is 1.05 bits per heavy atom. The zero-order valence-corrected chi connectivity index (χ0v) is 12.0. The monoisotopic (exact) mass is 286 g/mol. The van der Waals surface area contributed by atoms with E-state index in [-0.39, 0.29) is 30.2 Å². The molecule has 0 spiro atoms. The Hall–Kier alpha value is -2.17. The molecule has 0 bridgehead atoms. The van der Waals surface area contributed by atoms with E-state index in [0.717, 1.165) is 12.8 Å². The summed E-state index contributed by atoms with van der Waals surface area (Å²) in [5, 5.41) is 0. The highest BCUT2D eigenvalue weighted by atomic mass is 16.2. The Kier molecular flexibility index (Phi) is 3.49. The summed E-state index contributed by atoms with van der Waals surface area (Å²) in [7, 11) is 0. The van der Waals surface area contributed by atoms with Crippen molar-refractivity contribution in [2.75, 3.05) is 19.6 Å². The number of nitrogens with zero attached hydrogens (tertiary/aromatic N) is 2. The molecule has 0 aromatic heterocycles. The Morgan fingerprint density at radius 3 is 2.29 bits per heavy atom. The van der Waals surface area contributed by atoms with Crippen LogP contribution in [0.3, 0.4) is 0 Å². The van der Waals surface area contributed by atoms with Crippen molar-refractivity contribution < 1.29 is 14.4 Å². The summed E-state index contributed by atoms with van der Waals surface area (Å²) in [6.45, 7) is 3.34. The minimum atomic E-state index is -0.256. The molecule has 1 saturated heterocycles. The standard InChI is InChI=1S/C16H18N2O3/c1-11-5-4-8-17(14(11)19)9-10-18-15(20)12-6-2-3-7-13(12)16(18)21/h2-3,6-7,11H,4-5,8-10H2,1H3/t11-/m0/s1. The molecule has 5 heteroatoms. The van der Waals surface area contributed by atoms with Crippen molar-refractivity contribution in [3.05, 3.63) is 35.4 Å². The highest BCUT2D eigenvalue weighted by molar-refractivity contribution is 6.21. The third-order valence-electron chi connectivity index (χ3n) is 4.27. The molecule has 5 nitrogen and oxygen atoms in total. The van der Waals surface area contributed by atoms with E-state index in [9.17, 15) is 14.4 Å². The molecule has 3 rings (SSSR count). The predicted molar refractivity (Wildman–Crippen MR) is 76.8 cm³/mol. The zero-order valence-electron chi connectivity index (χ0n) is 12.0. The van der Waals surface area contributed by atoms with Gasteiger partial charge >= 0.3 is 0 Å². The molecule has 1 fully saturated rings. The Morgan fingerprint density at radius 2 is 1.67 bits per heavy atom. The molecular formula is C16H18N2O3. The molecule has 0 aliphatic carbocycles. The van der Waals surface area contributed by atoms with Crippen LogP contribution in [0.25, 0.3) is 0 Å². The fourth-order valence-electron chi connectivity index (χ4n) is 3.02. The summed E-state index contributed by atoms with van der Waals surface area (Å²) in [5.74, 6) is -0.347. The Balaban J connectivity index is 1.68. The molecule has 3 amide bonds. The number of hydrogen-bond acceptors (Lipinski definition) is 3. The second kappa shape index (κ2) is 5.31. The van der Waals surface area contributed by atoms with E-state index >= 15 is 0 Å². The average Bonchev–Trinajstić information content (AvgIpc) is 2.73. The number of hydrogen-bond donors (Lipinski definition) is 0. The van der Waals surface area contributed by atoms with Gasteiger partial charge in [-0.3, -0.25) is 19.3 Å². The molecule has 2 aliphatic heterocycles. The smallest absolute Gasteiger partial charge is 0.261 e. The van der Waals surface area contributed by atoms with Crippen molar-refractivity contribution in [1.82, 2.24) is 9.80 Å². The summed E-state index contributed by atoms with van der Waals surface area (Å²) < 4.78 is 0. The predicted octanol–water partition coefficient (Wildman–Crippen LogP) is 1.54. The number of rotatable bonds is 3. The molecule has 21 heavy (non-hydrogen) atoms. The largest absolute Gasteiger partial charge is 0.341 e. The molecular weight excluding hydrogens is 268 g/mol. The lowest BCUT2D eigenvalue weighted by molar-refractivity contribution is -0.137. The van der Waals surface area contributed by atoms with Crippen molar-refractivity contribution in [1.29, 1.82) is 0 Å². The summed E-state index contributed by atoms with van der Waals surface area (Å²) in [6, 6.07) is 6.85. The molecule has 0 unspecified atom stereocenters. The molecule has 0 N–H and O–H groups in total. The van der Waals surface area contributed by atoms with Gasteiger partial charge in [-0.05, 0) is 25.0 Å². The van der Waals surface area contributed by atoms with Crippen molar-refractivity contribution >= 4 is 17.7 Å². The maximum atomic E-state index is 12.2. The molecule has 1 aromatic carbocycles. The molecule has 0 radical (unpaired) electrons. The first-order valence-electron chi connectivity index (χ1n) is 7.33. The van der Waals surface area contributed by atoms with Crippen LogP contribution in [-0.2, 0) is 4.79 Å². The second-order valence-corrected chi connectivity index (χ2v) is 5.68. The van der Waals surface area contributed by atoms with Crippen LogP contribution in [0, 0.1) is 5.92 Å². The lowest BCUT2D eigenvalue weighted by atomic mass is 9.99. The van der Waals surface area contributed by atoms with Crippen molar-refractivity contribution in [2.24, 2.45) is 5.92 Å².